The van der Waals surface area contributed by atoms with Gasteiger partial charge in [0.2, 0.25) is 5.91 Å². The van der Waals surface area contributed by atoms with Gasteiger partial charge in [0.05, 0.1) is 11.4 Å². The van der Waals surface area contributed by atoms with Crippen molar-refractivity contribution in [2.75, 3.05) is 11.1 Å². The van der Waals surface area contributed by atoms with Crippen molar-refractivity contribution in [2.45, 2.75) is 5.16 Å². The van der Waals surface area contributed by atoms with Gasteiger partial charge in [0.15, 0.2) is 16.1 Å². The summed E-state index contributed by atoms with van der Waals surface area (Å²) in [5.74, 6) is 0.838. The standard InChI is InChI=1S/C20H16BrN5OS2/c1-26-18(14-9-5-6-10-15(14)21)24-25-20(26)29-12-17(27)23-19-22-16(11-28-19)13-7-3-2-4-8-13/h2-11H,12H2,1H3,(H,22,23,27). The lowest BCUT2D eigenvalue weighted by atomic mass is 10.2. The Balaban J connectivity index is 1.38. The number of carbonyl (C=O) groups excluding carboxylic acids is 1. The lowest BCUT2D eigenvalue weighted by molar-refractivity contribution is -0.113. The average molecular weight is 486 g/mol. The van der Waals surface area contributed by atoms with E-state index in [4.69, 9.17) is 0 Å². The van der Waals surface area contributed by atoms with Crippen LogP contribution in [0, 0.1) is 0 Å². The van der Waals surface area contributed by atoms with Crippen LogP contribution in [-0.4, -0.2) is 31.4 Å². The maximum atomic E-state index is 12.3. The van der Waals surface area contributed by atoms with Crippen molar-refractivity contribution in [3.63, 3.8) is 0 Å². The fourth-order valence-corrected chi connectivity index (χ4v) is 4.58. The van der Waals surface area contributed by atoms with Crippen molar-refractivity contribution in [3.8, 4) is 22.6 Å². The zero-order valence-electron chi connectivity index (χ0n) is 15.4. The summed E-state index contributed by atoms with van der Waals surface area (Å²) in [6, 6.07) is 17.7. The van der Waals surface area contributed by atoms with E-state index in [9.17, 15) is 4.79 Å². The molecule has 146 valence electrons. The summed E-state index contributed by atoms with van der Waals surface area (Å²) < 4.78 is 2.83. The molecule has 0 spiro atoms. The molecule has 4 aromatic rings. The Bertz CT molecular complexity index is 1140. The van der Waals surface area contributed by atoms with Gasteiger partial charge in [-0.15, -0.1) is 21.5 Å². The number of anilines is 1. The molecule has 2 heterocycles. The molecule has 0 aliphatic heterocycles. The van der Waals surface area contributed by atoms with Crippen LogP contribution in [-0.2, 0) is 11.8 Å². The Morgan fingerprint density at radius 3 is 2.69 bits per heavy atom. The van der Waals surface area contributed by atoms with E-state index in [2.05, 4.69) is 36.4 Å². The summed E-state index contributed by atoms with van der Waals surface area (Å²) in [5.41, 5.74) is 2.83. The average Bonchev–Trinajstić information content (AvgIpc) is 3.34. The fourth-order valence-electron chi connectivity index (χ4n) is 2.68. The smallest absolute Gasteiger partial charge is 0.236 e. The van der Waals surface area contributed by atoms with Crippen molar-refractivity contribution in [3.05, 3.63) is 64.5 Å². The van der Waals surface area contributed by atoms with E-state index < -0.39 is 0 Å². The lowest BCUT2D eigenvalue weighted by Gasteiger charge is -2.05. The minimum Gasteiger partial charge on any atom is -0.305 e. The number of hydrogen-bond donors (Lipinski definition) is 1. The molecule has 2 aromatic carbocycles. The highest BCUT2D eigenvalue weighted by atomic mass is 79.9. The van der Waals surface area contributed by atoms with Crippen molar-refractivity contribution >= 4 is 50.1 Å². The summed E-state index contributed by atoms with van der Waals surface area (Å²) >= 11 is 6.28. The van der Waals surface area contributed by atoms with E-state index in [1.54, 1.807) is 0 Å². The highest BCUT2D eigenvalue weighted by molar-refractivity contribution is 9.10. The Kier molecular flexibility index (Phi) is 6.08. The number of hydrogen-bond acceptors (Lipinski definition) is 6. The monoisotopic (exact) mass is 485 g/mol. The number of nitrogens with zero attached hydrogens (tertiary/aromatic N) is 4. The number of benzene rings is 2. The Hall–Kier alpha value is -2.49. The number of amides is 1. The van der Waals surface area contributed by atoms with Crippen molar-refractivity contribution in [1.29, 1.82) is 0 Å². The molecule has 0 aliphatic rings. The number of aromatic nitrogens is 4. The van der Waals surface area contributed by atoms with Crippen LogP contribution in [0.25, 0.3) is 22.6 Å². The van der Waals surface area contributed by atoms with Crippen LogP contribution in [0.2, 0.25) is 0 Å². The van der Waals surface area contributed by atoms with E-state index in [-0.39, 0.29) is 11.7 Å². The maximum absolute atomic E-state index is 12.3. The van der Waals surface area contributed by atoms with Crippen molar-refractivity contribution in [1.82, 2.24) is 19.7 Å². The minimum atomic E-state index is -0.130. The summed E-state index contributed by atoms with van der Waals surface area (Å²) in [4.78, 5) is 16.8. The molecule has 0 bridgehead atoms. The van der Waals surface area contributed by atoms with E-state index in [1.165, 1.54) is 23.1 Å². The molecular weight excluding hydrogens is 470 g/mol. The van der Waals surface area contributed by atoms with Crippen LogP contribution in [0.5, 0.6) is 0 Å². The Morgan fingerprint density at radius 1 is 1.14 bits per heavy atom. The van der Waals surface area contributed by atoms with Crippen LogP contribution < -0.4 is 5.32 Å². The van der Waals surface area contributed by atoms with Gasteiger partial charge in [-0.1, -0.05) is 76.2 Å². The van der Waals surface area contributed by atoms with Gasteiger partial charge in [-0.05, 0) is 6.07 Å². The second kappa shape index (κ2) is 8.89. The summed E-state index contributed by atoms with van der Waals surface area (Å²) in [6.45, 7) is 0. The Morgan fingerprint density at radius 2 is 1.90 bits per heavy atom. The molecule has 9 heteroatoms. The second-order valence-corrected chi connectivity index (χ2v) is 8.74. The number of thiazole rings is 1. The zero-order valence-corrected chi connectivity index (χ0v) is 18.6. The van der Waals surface area contributed by atoms with Crippen molar-refractivity contribution in [2.24, 2.45) is 7.05 Å². The first-order valence-corrected chi connectivity index (χ1v) is 11.4. The summed E-state index contributed by atoms with van der Waals surface area (Å²) in [6.07, 6.45) is 0. The molecule has 0 fully saturated rings. The highest BCUT2D eigenvalue weighted by Gasteiger charge is 2.15. The first-order valence-electron chi connectivity index (χ1n) is 8.69. The molecule has 0 radical (unpaired) electrons. The van der Waals surface area contributed by atoms with Gasteiger partial charge < -0.3 is 9.88 Å². The van der Waals surface area contributed by atoms with Gasteiger partial charge in [0.1, 0.15) is 0 Å². The number of carbonyl (C=O) groups is 1. The van der Waals surface area contributed by atoms with Gasteiger partial charge in [-0.3, -0.25) is 4.79 Å². The molecule has 1 N–H and O–H groups in total. The van der Waals surface area contributed by atoms with E-state index >= 15 is 0 Å². The SMILES string of the molecule is Cn1c(SCC(=O)Nc2nc(-c3ccccc3)cs2)nnc1-c1ccccc1Br. The van der Waals surface area contributed by atoms with Crippen LogP contribution in [0.15, 0.2) is 69.6 Å². The van der Waals surface area contributed by atoms with Crippen LogP contribution in [0.3, 0.4) is 0 Å². The number of nitrogens with one attached hydrogen (secondary N) is 1. The van der Waals surface area contributed by atoms with E-state index in [1.807, 2.05) is 71.6 Å². The van der Waals surface area contributed by atoms with Gasteiger partial charge in [-0.2, -0.15) is 0 Å². The van der Waals surface area contributed by atoms with Crippen LogP contribution >= 0.6 is 39.0 Å². The Labute approximate surface area is 184 Å². The third-order valence-corrected chi connectivity index (χ3v) is 6.57. The first kappa shape index (κ1) is 19.8. The molecular formula is C20H16BrN5OS2. The quantitative estimate of drug-likeness (QED) is 0.384. The first-order chi connectivity index (χ1) is 14.1. The minimum absolute atomic E-state index is 0.130. The summed E-state index contributed by atoms with van der Waals surface area (Å²) in [7, 11) is 1.89. The highest BCUT2D eigenvalue weighted by Crippen LogP contribution is 2.29. The molecule has 2 aromatic heterocycles. The van der Waals surface area contributed by atoms with Gasteiger partial charge >= 0.3 is 0 Å². The van der Waals surface area contributed by atoms with Crippen molar-refractivity contribution < 1.29 is 4.79 Å². The summed E-state index contributed by atoms with van der Waals surface area (Å²) in [5, 5.41) is 14.5. The molecule has 4 rings (SSSR count). The molecule has 0 unspecified atom stereocenters. The normalized spacial score (nSPS) is 10.8. The molecule has 0 aliphatic carbocycles. The van der Waals surface area contributed by atoms with Gasteiger partial charge in [0, 0.05) is 28.0 Å². The fraction of sp³-hybridized carbons (Fsp3) is 0.100. The number of halogens is 1. The molecule has 6 nitrogen and oxygen atoms in total. The largest absolute Gasteiger partial charge is 0.305 e. The van der Waals surface area contributed by atoms with E-state index in [0.717, 1.165) is 27.1 Å². The number of thioether (sulfide) groups is 1. The van der Waals surface area contributed by atoms with E-state index in [0.29, 0.717) is 10.3 Å². The van der Waals surface area contributed by atoms with Gasteiger partial charge in [0.25, 0.3) is 0 Å². The zero-order chi connectivity index (χ0) is 20.2. The third kappa shape index (κ3) is 4.58. The van der Waals surface area contributed by atoms with Gasteiger partial charge in [-0.25, -0.2) is 4.98 Å². The topological polar surface area (TPSA) is 72.7 Å². The molecule has 0 saturated heterocycles. The predicted octanol–water partition coefficient (Wildman–Crippen LogP) is 5.10. The molecule has 0 saturated carbocycles. The third-order valence-electron chi connectivity index (χ3n) is 4.10. The number of rotatable bonds is 6. The molecule has 1 amide bonds. The lowest BCUT2D eigenvalue weighted by Crippen LogP contribution is -2.14. The molecule has 0 atom stereocenters. The maximum Gasteiger partial charge on any atom is 0.236 e. The molecule has 29 heavy (non-hydrogen) atoms. The second-order valence-electron chi connectivity index (χ2n) is 6.09. The predicted molar refractivity (Wildman–Crippen MR) is 121 cm³/mol. The van der Waals surface area contributed by atoms with Crippen LogP contribution in [0.1, 0.15) is 0 Å². The van der Waals surface area contributed by atoms with Crippen LogP contribution in [0.4, 0.5) is 5.13 Å².